The number of amides is 1. The minimum Gasteiger partial charge on any atom is -0.394 e. The summed E-state index contributed by atoms with van der Waals surface area (Å²) < 4.78 is 0. The van der Waals surface area contributed by atoms with E-state index in [2.05, 4.69) is 79.9 Å². The first kappa shape index (κ1) is 59.8. The number of rotatable bonds is 49. The van der Waals surface area contributed by atoms with Gasteiger partial charge in [-0.25, -0.2) is 0 Å². The average molecular weight is 864 g/mol. The molecular weight excluding hydrogens is 759 g/mol. The topological polar surface area (TPSA) is 69.6 Å². The molecule has 0 bridgehead atoms. The van der Waals surface area contributed by atoms with Crippen molar-refractivity contribution in [3.63, 3.8) is 0 Å². The number of carbonyl (C=O) groups excluding carboxylic acids is 1. The Hall–Kier alpha value is -2.17. The van der Waals surface area contributed by atoms with Crippen molar-refractivity contribution in [2.24, 2.45) is 0 Å². The Morgan fingerprint density at radius 2 is 0.710 bits per heavy atom. The van der Waals surface area contributed by atoms with E-state index in [1.54, 1.807) is 6.08 Å². The van der Waals surface area contributed by atoms with Gasteiger partial charge in [-0.1, -0.05) is 273 Å². The number of unbranched alkanes of at least 4 members (excludes halogenated alkanes) is 32. The van der Waals surface area contributed by atoms with Crippen molar-refractivity contribution < 1.29 is 15.0 Å². The van der Waals surface area contributed by atoms with E-state index in [0.717, 1.165) is 57.8 Å². The van der Waals surface area contributed by atoms with Gasteiger partial charge in [-0.05, 0) is 64.2 Å². The molecule has 2 atom stereocenters. The summed E-state index contributed by atoms with van der Waals surface area (Å²) in [6.07, 6.45) is 76.5. The van der Waals surface area contributed by atoms with Crippen molar-refractivity contribution >= 4 is 5.91 Å². The predicted octanol–water partition coefficient (Wildman–Crippen LogP) is 17.8. The van der Waals surface area contributed by atoms with Crippen molar-refractivity contribution in [1.29, 1.82) is 0 Å². The maximum atomic E-state index is 12.4. The van der Waals surface area contributed by atoms with E-state index in [-0.39, 0.29) is 12.5 Å². The molecule has 0 saturated carbocycles. The van der Waals surface area contributed by atoms with Crippen LogP contribution in [0.3, 0.4) is 0 Å². The van der Waals surface area contributed by atoms with Crippen LogP contribution in [0.5, 0.6) is 0 Å². The molecule has 0 aliphatic rings. The molecule has 62 heavy (non-hydrogen) atoms. The highest BCUT2D eigenvalue weighted by Crippen LogP contribution is 2.17. The predicted molar refractivity (Wildman–Crippen MR) is 276 cm³/mol. The fourth-order valence-electron chi connectivity index (χ4n) is 8.09. The van der Waals surface area contributed by atoms with Crippen LogP contribution in [0.15, 0.2) is 72.9 Å². The van der Waals surface area contributed by atoms with Crippen LogP contribution in [0, 0.1) is 0 Å². The molecule has 0 aromatic rings. The Kier molecular flexibility index (Phi) is 51.3. The number of hydrogen-bond acceptors (Lipinski definition) is 3. The highest BCUT2D eigenvalue weighted by Gasteiger charge is 2.18. The lowest BCUT2D eigenvalue weighted by atomic mass is 10.0. The largest absolute Gasteiger partial charge is 0.394 e. The lowest BCUT2D eigenvalue weighted by molar-refractivity contribution is -0.123. The second kappa shape index (κ2) is 53.2. The van der Waals surface area contributed by atoms with Crippen LogP contribution in [0.1, 0.15) is 271 Å². The summed E-state index contributed by atoms with van der Waals surface area (Å²) >= 11 is 0. The zero-order valence-corrected chi connectivity index (χ0v) is 41.4. The molecule has 0 radical (unpaired) electrons. The molecule has 0 saturated heterocycles. The number of nitrogens with one attached hydrogen (secondary N) is 1. The molecule has 0 heterocycles. The van der Waals surface area contributed by atoms with Gasteiger partial charge in [0.1, 0.15) is 0 Å². The van der Waals surface area contributed by atoms with E-state index < -0.39 is 12.1 Å². The van der Waals surface area contributed by atoms with Crippen LogP contribution in [0.2, 0.25) is 0 Å². The monoisotopic (exact) mass is 864 g/mol. The standard InChI is InChI=1S/C58H105NO3/c1-3-5-7-9-11-13-14-15-16-17-18-19-20-21-22-23-24-25-26-27-28-29-30-31-32-33-34-35-36-37-38-39-40-41-42-43-44-46-48-50-52-54-58(62)59-56(55-60)57(61)53-51-49-47-45-12-10-8-6-4-2/h5,7,11,13,15-16,18-19,21-22,51,53,56-57,60-61H,3-4,6,8-10,12,14,17,20,23-50,52,54-55H2,1-2H3,(H,59,62)/b7-5-,13-11-,16-15-,19-18-,22-21-,53-51+. The van der Waals surface area contributed by atoms with Gasteiger partial charge in [0.2, 0.25) is 5.91 Å². The van der Waals surface area contributed by atoms with Gasteiger partial charge in [0, 0.05) is 6.42 Å². The number of hydrogen-bond donors (Lipinski definition) is 3. The summed E-state index contributed by atoms with van der Waals surface area (Å²) in [5.41, 5.74) is 0. The van der Waals surface area contributed by atoms with Crippen LogP contribution < -0.4 is 5.32 Å². The normalized spacial score (nSPS) is 13.4. The molecule has 2 unspecified atom stereocenters. The maximum Gasteiger partial charge on any atom is 0.220 e. The third-order valence-electron chi connectivity index (χ3n) is 12.2. The minimum atomic E-state index is -0.836. The van der Waals surface area contributed by atoms with Gasteiger partial charge in [0.05, 0.1) is 18.8 Å². The third kappa shape index (κ3) is 48.9. The molecule has 360 valence electrons. The van der Waals surface area contributed by atoms with Crippen LogP contribution >= 0.6 is 0 Å². The zero-order valence-electron chi connectivity index (χ0n) is 41.4. The summed E-state index contributed by atoms with van der Waals surface area (Å²) in [4.78, 5) is 12.4. The minimum absolute atomic E-state index is 0.0640. The fourth-order valence-corrected chi connectivity index (χ4v) is 8.09. The highest BCUT2D eigenvalue weighted by molar-refractivity contribution is 5.76. The van der Waals surface area contributed by atoms with E-state index in [0.29, 0.717) is 6.42 Å². The van der Waals surface area contributed by atoms with E-state index in [9.17, 15) is 15.0 Å². The van der Waals surface area contributed by atoms with Crippen LogP contribution in [0.4, 0.5) is 0 Å². The van der Waals surface area contributed by atoms with E-state index in [4.69, 9.17) is 0 Å². The molecule has 4 heteroatoms. The average Bonchev–Trinajstić information content (AvgIpc) is 3.28. The summed E-state index contributed by atoms with van der Waals surface area (Å²) in [7, 11) is 0. The molecule has 0 aliphatic heterocycles. The second-order valence-electron chi connectivity index (χ2n) is 18.3. The Morgan fingerprint density at radius 1 is 0.403 bits per heavy atom. The van der Waals surface area contributed by atoms with Crippen molar-refractivity contribution in [3.8, 4) is 0 Å². The van der Waals surface area contributed by atoms with E-state index >= 15 is 0 Å². The molecule has 1 amide bonds. The smallest absolute Gasteiger partial charge is 0.220 e. The number of allylic oxidation sites excluding steroid dienone is 11. The van der Waals surface area contributed by atoms with Crippen LogP contribution in [0.25, 0.3) is 0 Å². The molecule has 3 N–H and O–H groups in total. The molecule has 0 spiro atoms. The quantitative estimate of drug-likeness (QED) is 0.0421. The summed E-state index contributed by atoms with van der Waals surface area (Å²) in [6.45, 7) is 4.17. The van der Waals surface area contributed by atoms with Gasteiger partial charge in [0.25, 0.3) is 0 Å². The number of carbonyl (C=O) groups is 1. The van der Waals surface area contributed by atoms with Crippen molar-refractivity contribution in [3.05, 3.63) is 72.9 Å². The van der Waals surface area contributed by atoms with E-state index in [1.807, 2.05) is 6.08 Å². The Morgan fingerprint density at radius 3 is 1.06 bits per heavy atom. The first-order chi connectivity index (χ1) is 30.7. The molecule has 0 aromatic heterocycles. The van der Waals surface area contributed by atoms with Crippen LogP contribution in [-0.2, 0) is 4.79 Å². The van der Waals surface area contributed by atoms with E-state index in [1.165, 1.54) is 193 Å². The van der Waals surface area contributed by atoms with Crippen molar-refractivity contribution in [1.82, 2.24) is 5.32 Å². The Balaban J connectivity index is 3.37. The maximum absolute atomic E-state index is 12.4. The number of aliphatic hydroxyl groups is 2. The Bertz CT molecular complexity index is 1070. The highest BCUT2D eigenvalue weighted by atomic mass is 16.3. The zero-order chi connectivity index (χ0) is 44.9. The number of aliphatic hydroxyl groups excluding tert-OH is 2. The lowest BCUT2D eigenvalue weighted by Crippen LogP contribution is -2.45. The molecule has 0 aliphatic carbocycles. The first-order valence-electron chi connectivity index (χ1n) is 27.2. The fraction of sp³-hybridized carbons (Fsp3) is 0.776. The summed E-state index contributed by atoms with van der Waals surface area (Å²) in [6, 6.07) is -0.619. The molecule has 4 nitrogen and oxygen atoms in total. The second-order valence-corrected chi connectivity index (χ2v) is 18.3. The van der Waals surface area contributed by atoms with Gasteiger partial charge in [-0.2, -0.15) is 0 Å². The SMILES string of the molecule is CC/C=C\C/C=C\C/C=C\C/C=C\C/C=C\CCCCCCCCCCCCCCCCCCCCCCCCCCCC(=O)NC(CO)C(O)/C=C/CCCCCCCCC. The van der Waals surface area contributed by atoms with Crippen LogP contribution in [-0.4, -0.2) is 34.9 Å². The first-order valence-corrected chi connectivity index (χ1v) is 27.2. The third-order valence-corrected chi connectivity index (χ3v) is 12.2. The van der Waals surface area contributed by atoms with Gasteiger partial charge in [-0.15, -0.1) is 0 Å². The lowest BCUT2D eigenvalue weighted by Gasteiger charge is -2.20. The Labute approximate surface area is 387 Å². The van der Waals surface area contributed by atoms with Gasteiger partial charge < -0.3 is 15.5 Å². The van der Waals surface area contributed by atoms with Crippen molar-refractivity contribution in [2.75, 3.05) is 6.61 Å². The molecule has 0 rings (SSSR count). The van der Waals surface area contributed by atoms with Gasteiger partial charge >= 0.3 is 0 Å². The molecule has 0 aromatic carbocycles. The van der Waals surface area contributed by atoms with Crippen molar-refractivity contribution in [2.45, 2.75) is 283 Å². The van der Waals surface area contributed by atoms with Gasteiger partial charge in [0.15, 0.2) is 0 Å². The summed E-state index contributed by atoms with van der Waals surface area (Å²) in [5, 5.41) is 22.9. The molecule has 0 fully saturated rings. The molecular formula is C58H105NO3. The summed E-state index contributed by atoms with van der Waals surface area (Å²) in [5.74, 6) is -0.0640. The van der Waals surface area contributed by atoms with Gasteiger partial charge in [-0.3, -0.25) is 4.79 Å².